The topological polar surface area (TPSA) is 69.7 Å². The highest BCUT2D eigenvalue weighted by atomic mass is 16.6. The summed E-state index contributed by atoms with van der Waals surface area (Å²) in [5, 5.41) is 0. The molecule has 1 unspecified atom stereocenters. The van der Waals surface area contributed by atoms with Crippen LogP contribution in [0.1, 0.15) is 44.6 Å². The highest BCUT2D eigenvalue weighted by molar-refractivity contribution is 6.03. The molecule has 23 heavy (non-hydrogen) atoms. The van der Waals surface area contributed by atoms with Gasteiger partial charge in [-0.1, -0.05) is 30.3 Å². The van der Waals surface area contributed by atoms with Crippen LogP contribution < -0.4 is 0 Å². The first-order valence-corrected chi connectivity index (χ1v) is 7.97. The van der Waals surface area contributed by atoms with E-state index in [4.69, 9.17) is 9.47 Å². The maximum Gasteiger partial charge on any atom is 0.324 e. The van der Waals surface area contributed by atoms with E-state index in [9.17, 15) is 14.4 Å². The van der Waals surface area contributed by atoms with E-state index in [0.717, 1.165) is 5.56 Å². The molecule has 2 rings (SSSR count). The van der Waals surface area contributed by atoms with Gasteiger partial charge in [0.2, 0.25) is 0 Å². The van der Waals surface area contributed by atoms with E-state index >= 15 is 0 Å². The summed E-state index contributed by atoms with van der Waals surface area (Å²) < 4.78 is 10.4. The summed E-state index contributed by atoms with van der Waals surface area (Å²) in [6.07, 6.45) is 0.450. The molecule has 124 valence electrons. The third kappa shape index (κ3) is 3.28. The molecule has 0 heterocycles. The van der Waals surface area contributed by atoms with E-state index < -0.39 is 23.3 Å². The smallest absolute Gasteiger partial charge is 0.324 e. The summed E-state index contributed by atoms with van der Waals surface area (Å²) in [5.41, 5.74) is -0.664. The third-order valence-corrected chi connectivity index (χ3v) is 4.31. The molecule has 5 heteroatoms. The van der Waals surface area contributed by atoms with Crippen molar-refractivity contribution in [3.63, 3.8) is 0 Å². The minimum atomic E-state index is -1.44. The number of hydrogen-bond acceptors (Lipinski definition) is 5. The Labute approximate surface area is 136 Å². The highest BCUT2D eigenvalue weighted by Gasteiger charge is 2.57. The number of ketones is 1. The fourth-order valence-corrected chi connectivity index (χ4v) is 3.19. The number of rotatable bonds is 5. The minimum absolute atomic E-state index is 0.0445. The number of ether oxygens (including phenoxy) is 2. The van der Waals surface area contributed by atoms with E-state index in [0.29, 0.717) is 0 Å². The normalized spacial score (nSPS) is 19.9. The lowest BCUT2D eigenvalue weighted by Crippen LogP contribution is -2.50. The molecule has 1 aromatic rings. The lowest BCUT2D eigenvalue weighted by molar-refractivity contribution is -0.176. The Bertz CT molecular complexity index is 560. The van der Waals surface area contributed by atoms with E-state index in [1.807, 2.05) is 30.3 Å². The quantitative estimate of drug-likeness (QED) is 0.616. The van der Waals surface area contributed by atoms with Crippen molar-refractivity contribution in [1.29, 1.82) is 0 Å². The zero-order valence-electron chi connectivity index (χ0n) is 13.5. The lowest BCUT2D eigenvalue weighted by atomic mass is 9.63. The van der Waals surface area contributed by atoms with Crippen molar-refractivity contribution in [2.75, 3.05) is 13.2 Å². The lowest BCUT2D eigenvalue weighted by Gasteiger charge is -2.39. The fraction of sp³-hybridized carbons (Fsp3) is 0.500. The van der Waals surface area contributed by atoms with Crippen molar-refractivity contribution in [3.05, 3.63) is 35.9 Å². The van der Waals surface area contributed by atoms with Gasteiger partial charge in [-0.15, -0.1) is 0 Å². The van der Waals surface area contributed by atoms with Crippen molar-refractivity contribution in [3.8, 4) is 0 Å². The molecule has 1 aromatic carbocycles. The molecule has 1 aliphatic carbocycles. The van der Waals surface area contributed by atoms with Crippen molar-refractivity contribution < 1.29 is 23.9 Å². The average Bonchev–Trinajstić information content (AvgIpc) is 2.56. The summed E-state index contributed by atoms with van der Waals surface area (Å²) in [6, 6.07) is 9.17. The van der Waals surface area contributed by atoms with Crippen LogP contribution >= 0.6 is 0 Å². The number of Topliss-reactive ketones (excluding diaryl/α,β-unsaturated/α-hetero) is 1. The Balaban J connectivity index is 2.52. The van der Waals surface area contributed by atoms with E-state index in [1.54, 1.807) is 13.8 Å². The van der Waals surface area contributed by atoms with Gasteiger partial charge in [-0.2, -0.15) is 0 Å². The van der Waals surface area contributed by atoms with Crippen LogP contribution in [-0.2, 0) is 23.9 Å². The molecule has 0 saturated heterocycles. The van der Waals surface area contributed by atoms with Gasteiger partial charge < -0.3 is 9.47 Å². The van der Waals surface area contributed by atoms with Gasteiger partial charge in [-0.05, 0) is 25.8 Å². The number of carbonyl (C=O) groups is 3. The Morgan fingerprint density at radius 3 is 2.17 bits per heavy atom. The summed E-state index contributed by atoms with van der Waals surface area (Å²) in [6.45, 7) is 3.75. The summed E-state index contributed by atoms with van der Waals surface area (Å²) in [4.78, 5) is 37.4. The van der Waals surface area contributed by atoms with Gasteiger partial charge in [0.25, 0.3) is 0 Å². The Hall–Kier alpha value is -2.17. The number of benzene rings is 1. The molecule has 1 fully saturated rings. The zero-order chi connectivity index (χ0) is 16.9. The first-order valence-electron chi connectivity index (χ1n) is 7.97. The van der Waals surface area contributed by atoms with Gasteiger partial charge in [-0.25, -0.2) is 0 Å². The van der Waals surface area contributed by atoms with Crippen LogP contribution in [0, 0.1) is 5.41 Å². The minimum Gasteiger partial charge on any atom is -0.465 e. The van der Waals surface area contributed by atoms with E-state index in [1.165, 1.54) is 0 Å². The van der Waals surface area contributed by atoms with Crippen LogP contribution in [0.25, 0.3) is 0 Å². The highest BCUT2D eigenvalue weighted by Crippen LogP contribution is 2.48. The van der Waals surface area contributed by atoms with Crippen LogP contribution in [-0.4, -0.2) is 30.9 Å². The number of hydrogen-bond donors (Lipinski definition) is 0. The molecule has 1 atom stereocenters. The van der Waals surface area contributed by atoms with Gasteiger partial charge in [-0.3, -0.25) is 14.4 Å². The molecule has 5 nitrogen and oxygen atoms in total. The molecule has 1 saturated carbocycles. The first kappa shape index (κ1) is 17.2. The van der Waals surface area contributed by atoms with Crippen LogP contribution in [0.4, 0.5) is 0 Å². The molecular formula is C18H22O5. The van der Waals surface area contributed by atoms with Crippen molar-refractivity contribution in [1.82, 2.24) is 0 Å². The van der Waals surface area contributed by atoms with Crippen LogP contribution in [0.3, 0.4) is 0 Å². The first-order chi connectivity index (χ1) is 11.1. The summed E-state index contributed by atoms with van der Waals surface area (Å²) >= 11 is 0. The predicted molar refractivity (Wildman–Crippen MR) is 83.7 cm³/mol. The third-order valence-electron chi connectivity index (χ3n) is 4.31. The number of esters is 2. The Morgan fingerprint density at radius 1 is 1.09 bits per heavy atom. The van der Waals surface area contributed by atoms with E-state index in [2.05, 4.69) is 0 Å². The second-order valence-corrected chi connectivity index (χ2v) is 5.62. The van der Waals surface area contributed by atoms with Gasteiger partial charge in [0.1, 0.15) is 5.78 Å². The molecule has 0 spiro atoms. The monoisotopic (exact) mass is 318 g/mol. The van der Waals surface area contributed by atoms with Gasteiger partial charge in [0.05, 0.1) is 13.2 Å². The SMILES string of the molecule is CCOC(=O)C1(C(=O)OCC)CCC(=O)CC1c1ccccc1. The molecule has 0 bridgehead atoms. The standard InChI is InChI=1S/C18H22O5/c1-3-22-16(20)18(17(21)23-4-2)11-10-14(19)12-15(18)13-8-6-5-7-9-13/h5-9,15H,3-4,10-12H2,1-2H3. The summed E-state index contributed by atoms with van der Waals surface area (Å²) in [7, 11) is 0. The molecule has 1 aliphatic rings. The maximum absolute atomic E-state index is 12.7. The predicted octanol–water partition coefficient (Wildman–Crippen LogP) is 2.64. The second kappa shape index (κ2) is 7.40. The summed E-state index contributed by atoms with van der Waals surface area (Å²) in [5.74, 6) is -1.70. The molecule has 0 aromatic heterocycles. The molecule has 0 radical (unpaired) electrons. The fourth-order valence-electron chi connectivity index (χ4n) is 3.19. The van der Waals surface area contributed by atoms with Gasteiger partial charge in [0.15, 0.2) is 5.41 Å². The van der Waals surface area contributed by atoms with Crippen molar-refractivity contribution in [2.24, 2.45) is 5.41 Å². The zero-order valence-corrected chi connectivity index (χ0v) is 13.5. The van der Waals surface area contributed by atoms with Crippen molar-refractivity contribution in [2.45, 2.75) is 39.0 Å². The van der Waals surface area contributed by atoms with E-state index in [-0.39, 0.29) is 38.3 Å². The van der Waals surface area contributed by atoms with Crippen LogP contribution in [0.5, 0.6) is 0 Å². The maximum atomic E-state index is 12.7. The molecule has 0 aliphatic heterocycles. The molecule has 0 N–H and O–H groups in total. The largest absolute Gasteiger partial charge is 0.465 e. The Morgan fingerprint density at radius 2 is 1.65 bits per heavy atom. The average molecular weight is 318 g/mol. The van der Waals surface area contributed by atoms with Gasteiger partial charge >= 0.3 is 11.9 Å². The molecular weight excluding hydrogens is 296 g/mol. The number of carbonyl (C=O) groups excluding carboxylic acids is 3. The van der Waals surface area contributed by atoms with Crippen LogP contribution in [0.2, 0.25) is 0 Å². The van der Waals surface area contributed by atoms with Gasteiger partial charge in [0, 0.05) is 18.8 Å². The van der Waals surface area contributed by atoms with Crippen LogP contribution in [0.15, 0.2) is 30.3 Å². The second-order valence-electron chi connectivity index (χ2n) is 5.62. The van der Waals surface area contributed by atoms with Crippen molar-refractivity contribution >= 4 is 17.7 Å². The molecule has 0 amide bonds. The Kier molecular flexibility index (Phi) is 5.53.